The highest BCUT2D eigenvalue weighted by Crippen LogP contribution is 2.43. The molecule has 1 aliphatic carbocycles. The summed E-state index contributed by atoms with van der Waals surface area (Å²) < 4.78 is 0. The summed E-state index contributed by atoms with van der Waals surface area (Å²) in [7, 11) is 0. The van der Waals surface area contributed by atoms with E-state index in [0.29, 0.717) is 11.7 Å². The SMILES string of the molecule is CCNC(=O)Nc1nc2c(s1)-c1nc(N3CCCCC3)sc1CC2. The van der Waals surface area contributed by atoms with Gasteiger partial charge in [0.25, 0.3) is 0 Å². The van der Waals surface area contributed by atoms with Gasteiger partial charge in [-0.1, -0.05) is 11.3 Å². The Morgan fingerprint density at radius 3 is 2.79 bits per heavy atom. The van der Waals surface area contributed by atoms with Crippen LogP contribution in [-0.4, -0.2) is 35.6 Å². The van der Waals surface area contributed by atoms with E-state index in [4.69, 9.17) is 4.98 Å². The van der Waals surface area contributed by atoms with E-state index in [1.807, 2.05) is 18.3 Å². The van der Waals surface area contributed by atoms with Crippen LogP contribution in [0, 0.1) is 0 Å². The monoisotopic (exact) mass is 363 g/mol. The van der Waals surface area contributed by atoms with Crippen molar-refractivity contribution < 1.29 is 4.79 Å². The first-order valence-corrected chi connectivity index (χ1v) is 10.2. The molecular weight excluding hydrogens is 342 g/mol. The number of anilines is 2. The Hall–Kier alpha value is -1.67. The largest absolute Gasteiger partial charge is 0.348 e. The lowest BCUT2D eigenvalue weighted by atomic mass is 10.1. The number of piperidine rings is 1. The average molecular weight is 364 g/mol. The zero-order valence-electron chi connectivity index (χ0n) is 13.7. The normalized spacial score (nSPS) is 16.5. The number of rotatable bonds is 3. The van der Waals surface area contributed by atoms with Gasteiger partial charge in [-0.15, -0.1) is 11.3 Å². The molecule has 0 bridgehead atoms. The van der Waals surface area contributed by atoms with E-state index < -0.39 is 0 Å². The van der Waals surface area contributed by atoms with E-state index in [9.17, 15) is 4.79 Å². The summed E-state index contributed by atoms with van der Waals surface area (Å²) >= 11 is 3.37. The number of hydrogen-bond acceptors (Lipinski definition) is 6. The van der Waals surface area contributed by atoms with Crippen molar-refractivity contribution in [1.29, 1.82) is 0 Å². The molecule has 4 rings (SSSR count). The number of carbonyl (C=O) groups is 1. The molecule has 0 spiro atoms. The number of thiazole rings is 2. The van der Waals surface area contributed by atoms with Crippen LogP contribution in [0.5, 0.6) is 0 Å². The minimum Gasteiger partial charge on any atom is -0.348 e. The molecule has 0 aromatic carbocycles. The Balaban J connectivity index is 1.59. The van der Waals surface area contributed by atoms with E-state index in [1.165, 1.54) is 35.5 Å². The minimum absolute atomic E-state index is 0.198. The highest BCUT2D eigenvalue weighted by atomic mass is 32.1. The predicted octanol–water partition coefficient (Wildman–Crippen LogP) is 3.50. The highest BCUT2D eigenvalue weighted by molar-refractivity contribution is 7.20. The van der Waals surface area contributed by atoms with Crippen molar-refractivity contribution in [2.45, 2.75) is 39.0 Å². The van der Waals surface area contributed by atoms with Crippen LogP contribution in [0.4, 0.5) is 15.1 Å². The Kier molecular flexibility index (Phi) is 4.41. The van der Waals surface area contributed by atoms with Crippen LogP contribution >= 0.6 is 22.7 Å². The van der Waals surface area contributed by atoms with Crippen molar-refractivity contribution in [2.24, 2.45) is 0 Å². The van der Waals surface area contributed by atoms with Crippen molar-refractivity contribution in [1.82, 2.24) is 15.3 Å². The quantitative estimate of drug-likeness (QED) is 0.876. The molecule has 2 N–H and O–H groups in total. The first kappa shape index (κ1) is 15.8. The molecule has 3 heterocycles. The van der Waals surface area contributed by atoms with Gasteiger partial charge in [0, 0.05) is 24.5 Å². The molecule has 6 nitrogen and oxygen atoms in total. The van der Waals surface area contributed by atoms with Gasteiger partial charge < -0.3 is 10.2 Å². The van der Waals surface area contributed by atoms with E-state index in [2.05, 4.69) is 20.5 Å². The van der Waals surface area contributed by atoms with Gasteiger partial charge in [-0.2, -0.15) is 0 Å². The zero-order chi connectivity index (χ0) is 16.5. The van der Waals surface area contributed by atoms with Crippen LogP contribution in [0.2, 0.25) is 0 Å². The number of amides is 2. The number of urea groups is 1. The Labute approximate surface area is 149 Å². The van der Waals surface area contributed by atoms with Gasteiger partial charge in [0.05, 0.1) is 16.3 Å². The molecule has 2 amide bonds. The number of aromatic nitrogens is 2. The number of fused-ring (bicyclic) bond motifs is 3. The summed E-state index contributed by atoms with van der Waals surface area (Å²) in [5.41, 5.74) is 2.15. The van der Waals surface area contributed by atoms with Crippen LogP contribution in [0.15, 0.2) is 0 Å². The van der Waals surface area contributed by atoms with Gasteiger partial charge in [0.1, 0.15) is 0 Å². The van der Waals surface area contributed by atoms with Crippen LogP contribution in [0.25, 0.3) is 10.6 Å². The third kappa shape index (κ3) is 3.00. The van der Waals surface area contributed by atoms with E-state index in [0.717, 1.165) is 47.3 Å². The smallest absolute Gasteiger partial charge is 0.321 e. The fourth-order valence-corrected chi connectivity index (χ4v) is 5.41. The molecule has 1 fully saturated rings. The molecule has 8 heteroatoms. The minimum atomic E-state index is -0.198. The average Bonchev–Trinajstić information content (AvgIpc) is 3.18. The molecule has 2 aliphatic rings. The molecule has 0 atom stereocenters. The topological polar surface area (TPSA) is 70.1 Å². The van der Waals surface area contributed by atoms with Crippen molar-refractivity contribution >= 4 is 39.0 Å². The van der Waals surface area contributed by atoms with Gasteiger partial charge in [-0.25, -0.2) is 14.8 Å². The predicted molar refractivity (Wildman–Crippen MR) is 99.4 cm³/mol. The third-order valence-corrected chi connectivity index (χ3v) is 6.57. The van der Waals surface area contributed by atoms with E-state index in [1.54, 1.807) is 0 Å². The summed E-state index contributed by atoms with van der Waals surface area (Å²) in [6.07, 6.45) is 5.78. The van der Waals surface area contributed by atoms with Crippen molar-refractivity contribution in [3.63, 3.8) is 0 Å². The number of carbonyl (C=O) groups excluding carboxylic acids is 1. The lowest BCUT2D eigenvalue weighted by Crippen LogP contribution is -2.29. The summed E-state index contributed by atoms with van der Waals surface area (Å²) in [4.78, 5) is 26.1. The molecule has 0 unspecified atom stereocenters. The number of hydrogen-bond donors (Lipinski definition) is 2. The second-order valence-electron chi connectivity index (χ2n) is 6.10. The van der Waals surface area contributed by atoms with Crippen molar-refractivity contribution in [2.75, 3.05) is 29.9 Å². The summed E-state index contributed by atoms with van der Waals surface area (Å²) in [5, 5.41) is 7.37. The molecule has 2 aromatic heterocycles. The van der Waals surface area contributed by atoms with Gasteiger partial charge in [0.15, 0.2) is 10.3 Å². The van der Waals surface area contributed by atoms with E-state index >= 15 is 0 Å². The van der Waals surface area contributed by atoms with Crippen LogP contribution in [0.1, 0.15) is 36.8 Å². The first-order chi connectivity index (χ1) is 11.7. The standard InChI is InChI=1S/C16H21N5OS2/c1-2-17-14(22)20-15-18-10-6-7-11-12(13(10)24-15)19-16(23-11)21-8-4-3-5-9-21/h2-9H2,1H3,(H2,17,18,20,22). The molecule has 1 saturated heterocycles. The summed E-state index contributed by atoms with van der Waals surface area (Å²) in [6, 6.07) is -0.198. The van der Waals surface area contributed by atoms with Gasteiger partial charge in [-0.3, -0.25) is 5.32 Å². The molecule has 24 heavy (non-hydrogen) atoms. The molecular formula is C16H21N5OS2. The fourth-order valence-electron chi connectivity index (χ4n) is 3.20. The van der Waals surface area contributed by atoms with Crippen LogP contribution < -0.4 is 15.5 Å². The summed E-state index contributed by atoms with van der Waals surface area (Å²) in [6.45, 7) is 4.74. The fraction of sp³-hybridized carbons (Fsp3) is 0.562. The Bertz CT molecular complexity index is 748. The molecule has 1 aliphatic heterocycles. The number of aryl methyl sites for hydroxylation is 2. The first-order valence-electron chi connectivity index (χ1n) is 8.54. The zero-order valence-corrected chi connectivity index (χ0v) is 15.4. The van der Waals surface area contributed by atoms with Gasteiger partial charge >= 0.3 is 6.03 Å². The maximum Gasteiger partial charge on any atom is 0.321 e. The number of nitrogens with one attached hydrogen (secondary N) is 2. The van der Waals surface area contributed by atoms with Crippen molar-refractivity contribution in [3.05, 3.63) is 10.6 Å². The third-order valence-electron chi connectivity index (χ3n) is 4.37. The van der Waals surface area contributed by atoms with Gasteiger partial charge in [0.2, 0.25) is 0 Å². The maximum atomic E-state index is 11.7. The number of nitrogens with zero attached hydrogens (tertiary/aromatic N) is 3. The Morgan fingerprint density at radius 1 is 1.17 bits per heavy atom. The highest BCUT2D eigenvalue weighted by Gasteiger charge is 2.27. The molecule has 0 radical (unpaired) electrons. The van der Waals surface area contributed by atoms with E-state index in [-0.39, 0.29) is 6.03 Å². The molecule has 128 valence electrons. The maximum absolute atomic E-state index is 11.7. The Morgan fingerprint density at radius 2 is 2.00 bits per heavy atom. The second kappa shape index (κ2) is 6.68. The lowest BCUT2D eigenvalue weighted by Gasteiger charge is -2.25. The van der Waals surface area contributed by atoms with Gasteiger partial charge in [-0.05, 0) is 39.0 Å². The summed E-state index contributed by atoms with van der Waals surface area (Å²) in [5.74, 6) is 0. The lowest BCUT2D eigenvalue weighted by molar-refractivity contribution is 0.252. The second-order valence-corrected chi connectivity index (χ2v) is 8.16. The van der Waals surface area contributed by atoms with Crippen molar-refractivity contribution in [3.8, 4) is 10.6 Å². The van der Waals surface area contributed by atoms with Crippen LogP contribution in [0.3, 0.4) is 0 Å². The molecule has 0 saturated carbocycles. The molecule has 2 aromatic rings. The van der Waals surface area contributed by atoms with Crippen LogP contribution in [-0.2, 0) is 12.8 Å².